The van der Waals surface area contributed by atoms with Crippen LogP contribution in [0.2, 0.25) is 0 Å². The normalized spacial score (nSPS) is 22.3. The van der Waals surface area contributed by atoms with Crippen molar-refractivity contribution >= 4 is 45.0 Å². The lowest BCUT2D eigenvalue weighted by Crippen LogP contribution is -2.54. The number of hydrogen-bond acceptors (Lipinski definition) is 7. The van der Waals surface area contributed by atoms with Gasteiger partial charge in [0, 0.05) is 22.8 Å². The number of carbonyl (C=O) groups excluding carboxylic acids is 1. The molecule has 1 aromatic heterocycles. The first-order valence-corrected chi connectivity index (χ1v) is 8.13. The predicted molar refractivity (Wildman–Crippen MR) is 73.0 cm³/mol. The van der Waals surface area contributed by atoms with Crippen LogP contribution >= 0.6 is 23.6 Å². The monoisotopic (exact) mass is 319 g/mol. The average Bonchev–Trinajstić information content (AvgIpc) is 3.00. The van der Waals surface area contributed by atoms with Crippen LogP contribution in [0, 0.1) is 0 Å². The molecule has 1 unspecified atom stereocenters. The third-order valence-corrected chi connectivity index (χ3v) is 5.33. The molecule has 2 heterocycles. The van der Waals surface area contributed by atoms with Gasteiger partial charge in [-0.25, -0.2) is 13.1 Å². The predicted octanol–water partition coefficient (Wildman–Crippen LogP) is 0.708. The van der Waals surface area contributed by atoms with Gasteiger partial charge in [0.25, 0.3) is 10.0 Å². The SMILES string of the molecule is O=CC[N+]1(C(=S)NS(=O)(=O)c2ccsc2)CCN=N1. The molecule has 0 saturated carbocycles. The number of hydrogen-bond donors (Lipinski definition) is 1. The zero-order valence-electron chi connectivity index (χ0n) is 9.72. The van der Waals surface area contributed by atoms with Crippen LogP contribution in [0.15, 0.2) is 32.1 Å². The van der Waals surface area contributed by atoms with Crippen LogP contribution < -0.4 is 4.72 Å². The molecule has 2 rings (SSSR count). The second kappa shape index (κ2) is 5.41. The standard InChI is InChI=1S/C9H10N4O3S3/c14-5-4-13(3-2-10-12-13)9(17)11-19(15,16)8-1-6-18-7-8/h1,5-7H,2-4H2/p+1. The van der Waals surface area contributed by atoms with E-state index in [-0.39, 0.29) is 21.1 Å². The van der Waals surface area contributed by atoms with Crippen LogP contribution in [0.1, 0.15) is 0 Å². The van der Waals surface area contributed by atoms with Crippen LogP contribution in [-0.2, 0) is 14.8 Å². The Kier molecular flexibility index (Phi) is 4.04. The number of thiocarbonyl (C=S) groups is 1. The molecule has 7 nitrogen and oxygen atoms in total. The summed E-state index contributed by atoms with van der Waals surface area (Å²) in [7, 11) is -3.72. The molecule has 0 saturated heterocycles. The van der Waals surface area contributed by atoms with Crippen LogP contribution in [0.5, 0.6) is 0 Å². The van der Waals surface area contributed by atoms with Gasteiger partial charge in [-0.2, -0.15) is 11.3 Å². The van der Waals surface area contributed by atoms with Crippen molar-refractivity contribution < 1.29 is 17.8 Å². The molecule has 0 radical (unpaired) electrons. The fraction of sp³-hybridized carbons (Fsp3) is 0.333. The van der Waals surface area contributed by atoms with Gasteiger partial charge in [0.2, 0.25) is 0 Å². The van der Waals surface area contributed by atoms with Crippen molar-refractivity contribution in [1.82, 2.24) is 4.72 Å². The summed E-state index contributed by atoms with van der Waals surface area (Å²) in [5, 5.41) is 10.8. The van der Waals surface area contributed by atoms with E-state index >= 15 is 0 Å². The molecule has 102 valence electrons. The highest BCUT2D eigenvalue weighted by Crippen LogP contribution is 2.18. The Morgan fingerprint density at radius 1 is 1.63 bits per heavy atom. The Balaban J connectivity index is 2.21. The average molecular weight is 319 g/mol. The molecule has 0 fully saturated rings. The summed E-state index contributed by atoms with van der Waals surface area (Å²) < 4.78 is 26.1. The molecule has 0 aliphatic carbocycles. The minimum absolute atomic E-state index is 0.0332. The highest BCUT2D eigenvalue weighted by Gasteiger charge is 2.40. The van der Waals surface area contributed by atoms with Crippen molar-refractivity contribution in [2.75, 3.05) is 19.6 Å². The molecule has 1 aromatic rings. The van der Waals surface area contributed by atoms with E-state index in [0.717, 1.165) is 0 Å². The summed E-state index contributed by atoms with van der Waals surface area (Å²) in [6.45, 7) is 0.756. The fourth-order valence-electron chi connectivity index (χ4n) is 1.56. The van der Waals surface area contributed by atoms with Crippen LogP contribution in [0.3, 0.4) is 0 Å². The van der Waals surface area contributed by atoms with Crippen molar-refractivity contribution in [3.05, 3.63) is 16.8 Å². The van der Waals surface area contributed by atoms with E-state index in [9.17, 15) is 13.2 Å². The number of aldehydes is 1. The fourth-order valence-corrected chi connectivity index (χ4v) is 4.13. The third-order valence-electron chi connectivity index (χ3n) is 2.59. The number of thiophene rings is 1. The topological polar surface area (TPSA) is 88.0 Å². The lowest BCUT2D eigenvalue weighted by Gasteiger charge is -2.23. The minimum atomic E-state index is -3.72. The summed E-state index contributed by atoms with van der Waals surface area (Å²) in [5.41, 5.74) is 0. The molecule has 0 bridgehead atoms. The smallest absolute Gasteiger partial charge is 0.297 e. The number of carbonyl (C=O) groups is 1. The van der Waals surface area contributed by atoms with Crippen LogP contribution in [0.25, 0.3) is 0 Å². The van der Waals surface area contributed by atoms with Crippen molar-refractivity contribution in [2.24, 2.45) is 10.3 Å². The van der Waals surface area contributed by atoms with E-state index < -0.39 is 10.0 Å². The van der Waals surface area contributed by atoms with Crippen molar-refractivity contribution in [3.63, 3.8) is 0 Å². The third kappa shape index (κ3) is 2.86. The molecule has 1 aliphatic rings. The van der Waals surface area contributed by atoms with Crippen molar-refractivity contribution in [3.8, 4) is 0 Å². The molecule has 10 heteroatoms. The Hall–Kier alpha value is -1.23. The maximum Gasteiger partial charge on any atom is 0.312 e. The lowest BCUT2D eigenvalue weighted by molar-refractivity contribution is -0.833. The number of nitrogens with zero attached hydrogens (tertiary/aromatic N) is 3. The summed E-state index contributed by atoms with van der Waals surface area (Å²) in [4.78, 5) is 10.9. The molecule has 1 atom stereocenters. The van der Waals surface area contributed by atoms with E-state index in [2.05, 4.69) is 15.1 Å². The molecule has 0 amide bonds. The highest BCUT2D eigenvalue weighted by atomic mass is 32.2. The maximum absolute atomic E-state index is 12.0. The van der Waals surface area contributed by atoms with E-state index in [4.69, 9.17) is 12.2 Å². The van der Waals surface area contributed by atoms with Gasteiger partial charge in [0.15, 0.2) is 12.8 Å². The minimum Gasteiger partial charge on any atom is -0.297 e. The zero-order chi connectivity index (χ0) is 13.9. The van der Waals surface area contributed by atoms with E-state index in [0.29, 0.717) is 19.4 Å². The number of sulfonamides is 1. The first kappa shape index (κ1) is 14.2. The summed E-state index contributed by atoms with van der Waals surface area (Å²) in [6.07, 6.45) is 0.648. The first-order valence-electron chi connectivity index (χ1n) is 5.29. The molecule has 0 spiro atoms. The van der Waals surface area contributed by atoms with Gasteiger partial charge >= 0.3 is 5.11 Å². The first-order chi connectivity index (χ1) is 9.00. The van der Waals surface area contributed by atoms with Gasteiger partial charge in [-0.3, -0.25) is 4.79 Å². The molecule has 0 aromatic carbocycles. The van der Waals surface area contributed by atoms with Gasteiger partial charge in [0.1, 0.15) is 13.1 Å². The van der Waals surface area contributed by atoms with E-state index in [1.165, 1.54) is 22.8 Å². The Morgan fingerprint density at radius 3 is 2.95 bits per heavy atom. The summed E-state index contributed by atoms with van der Waals surface area (Å²) in [5.74, 6) is 0. The summed E-state index contributed by atoms with van der Waals surface area (Å²) >= 11 is 6.36. The maximum atomic E-state index is 12.0. The Morgan fingerprint density at radius 2 is 2.42 bits per heavy atom. The van der Waals surface area contributed by atoms with Crippen LogP contribution in [0.4, 0.5) is 0 Å². The van der Waals surface area contributed by atoms with Gasteiger partial charge in [0.05, 0.1) is 4.90 Å². The molecule has 1 aliphatic heterocycles. The van der Waals surface area contributed by atoms with E-state index in [1.54, 1.807) is 5.38 Å². The lowest BCUT2D eigenvalue weighted by atomic mass is 10.5. The van der Waals surface area contributed by atoms with Gasteiger partial charge in [-0.15, -0.1) is 9.71 Å². The van der Waals surface area contributed by atoms with Crippen LogP contribution in [-0.4, -0.2) is 44.0 Å². The van der Waals surface area contributed by atoms with Gasteiger partial charge in [-0.05, 0) is 11.4 Å². The second-order valence-electron chi connectivity index (χ2n) is 3.82. The van der Waals surface area contributed by atoms with Gasteiger partial charge < -0.3 is 0 Å². The number of rotatable bonds is 4. The highest BCUT2D eigenvalue weighted by molar-refractivity contribution is 7.91. The zero-order valence-corrected chi connectivity index (χ0v) is 12.2. The van der Waals surface area contributed by atoms with Crippen molar-refractivity contribution in [1.29, 1.82) is 0 Å². The van der Waals surface area contributed by atoms with Gasteiger partial charge in [-0.1, -0.05) is 0 Å². The van der Waals surface area contributed by atoms with Crippen molar-refractivity contribution in [2.45, 2.75) is 4.90 Å². The number of quaternary nitrogens is 1. The number of nitrogens with one attached hydrogen (secondary N) is 1. The van der Waals surface area contributed by atoms with E-state index in [1.807, 2.05) is 0 Å². The molecule has 1 N–H and O–H groups in total. The summed E-state index contributed by atoms with van der Waals surface area (Å²) in [6, 6.07) is 1.48. The largest absolute Gasteiger partial charge is 0.312 e. The quantitative estimate of drug-likeness (QED) is 0.503. The molecule has 19 heavy (non-hydrogen) atoms. The Labute approximate surface area is 119 Å². The molecular weight excluding hydrogens is 308 g/mol. The molecular formula is C9H11N4O3S3+. The Bertz CT molecular complexity index is 611. The second-order valence-corrected chi connectivity index (χ2v) is 6.67.